The Labute approximate surface area is 128 Å². The van der Waals surface area contributed by atoms with E-state index in [-0.39, 0.29) is 6.54 Å². The van der Waals surface area contributed by atoms with Crippen molar-refractivity contribution in [2.45, 2.75) is 25.4 Å². The summed E-state index contributed by atoms with van der Waals surface area (Å²) in [4.78, 5) is 6.17. The zero-order chi connectivity index (χ0) is 16.0. The van der Waals surface area contributed by atoms with Crippen LogP contribution in [0.3, 0.4) is 0 Å². The van der Waals surface area contributed by atoms with Gasteiger partial charge in [-0.15, -0.1) is 0 Å². The molecule has 0 radical (unpaired) electrons. The molecule has 0 spiro atoms. The second kappa shape index (κ2) is 7.21. The van der Waals surface area contributed by atoms with Gasteiger partial charge in [0.25, 0.3) is 0 Å². The average Bonchev–Trinajstić information content (AvgIpc) is 2.52. The van der Waals surface area contributed by atoms with Crippen LogP contribution in [0.15, 0.2) is 29.3 Å². The Kier molecular flexibility index (Phi) is 5.31. The normalized spacial score (nSPS) is 16.1. The number of hydrogen-bond donors (Lipinski definition) is 1. The summed E-state index contributed by atoms with van der Waals surface area (Å²) in [6.07, 6.45) is -0.939. The van der Waals surface area contributed by atoms with Crippen LogP contribution >= 0.6 is 0 Å². The van der Waals surface area contributed by atoms with Gasteiger partial charge in [-0.3, -0.25) is 0 Å². The smallest absolute Gasteiger partial charge is 0.370 e. The van der Waals surface area contributed by atoms with Crippen LogP contribution in [0.5, 0.6) is 0 Å². The summed E-state index contributed by atoms with van der Waals surface area (Å²) in [5.41, 5.74) is 5.49. The van der Waals surface area contributed by atoms with E-state index >= 15 is 0 Å². The molecule has 1 aromatic rings. The Morgan fingerprint density at radius 2 is 1.95 bits per heavy atom. The summed E-state index contributed by atoms with van der Waals surface area (Å²) in [5, 5.41) is 0. The van der Waals surface area contributed by atoms with E-state index in [1.807, 2.05) is 4.90 Å². The molecule has 3 nitrogen and oxygen atoms in total. The van der Waals surface area contributed by atoms with Crippen molar-refractivity contribution in [3.05, 3.63) is 35.4 Å². The molecule has 0 amide bonds. The molecule has 1 saturated heterocycles. The van der Waals surface area contributed by atoms with E-state index in [0.717, 1.165) is 38.1 Å². The fraction of sp³-hybridized carbons (Fsp3) is 0.438. The predicted molar refractivity (Wildman–Crippen MR) is 80.2 cm³/mol. The maximum Gasteiger partial charge on any atom is 0.416 e. The van der Waals surface area contributed by atoms with Crippen LogP contribution in [0.4, 0.5) is 13.2 Å². The van der Waals surface area contributed by atoms with E-state index in [2.05, 4.69) is 16.8 Å². The molecule has 2 N–H and O–H groups in total. The van der Waals surface area contributed by atoms with Crippen LogP contribution in [0.1, 0.15) is 30.4 Å². The Balaban J connectivity index is 1.96. The lowest BCUT2D eigenvalue weighted by Crippen LogP contribution is -2.40. The van der Waals surface area contributed by atoms with Gasteiger partial charge in [0.1, 0.15) is 6.54 Å². The quantitative estimate of drug-likeness (QED) is 0.492. The van der Waals surface area contributed by atoms with Crippen LogP contribution in [0.2, 0.25) is 0 Å². The first kappa shape index (κ1) is 16.2. The number of alkyl halides is 3. The maximum atomic E-state index is 12.6. The molecule has 118 valence electrons. The molecule has 1 heterocycles. The Hall–Kier alpha value is -2.16. The highest BCUT2D eigenvalue weighted by molar-refractivity contribution is 5.78. The van der Waals surface area contributed by atoms with Gasteiger partial charge < -0.3 is 10.6 Å². The molecule has 1 aromatic carbocycles. The standard InChI is InChI=1S/C16H18F3N3/c17-16(18,19)14-8-4-6-13(12-14)7-5-9-21-15(20)22-10-2-1-3-11-22/h4,6,8,12H,1-3,9-11H2,(H2,20,21). The number of nitrogens with zero attached hydrogens (tertiary/aromatic N) is 2. The Morgan fingerprint density at radius 3 is 2.64 bits per heavy atom. The van der Waals surface area contributed by atoms with Crippen molar-refractivity contribution in [2.75, 3.05) is 19.6 Å². The summed E-state index contributed by atoms with van der Waals surface area (Å²) in [6, 6.07) is 4.94. The van der Waals surface area contributed by atoms with E-state index in [4.69, 9.17) is 5.73 Å². The molecule has 1 aliphatic rings. The number of nitrogens with two attached hydrogens (primary N) is 1. The fourth-order valence-corrected chi connectivity index (χ4v) is 2.26. The molecule has 0 unspecified atom stereocenters. The number of likely N-dealkylation sites (tertiary alicyclic amines) is 1. The number of halogens is 3. The van der Waals surface area contributed by atoms with Gasteiger partial charge in [0.15, 0.2) is 5.96 Å². The van der Waals surface area contributed by atoms with Crippen molar-refractivity contribution in [2.24, 2.45) is 10.7 Å². The lowest BCUT2D eigenvalue weighted by atomic mass is 10.1. The van der Waals surface area contributed by atoms with Gasteiger partial charge in [0.05, 0.1) is 5.56 Å². The average molecular weight is 309 g/mol. The van der Waals surface area contributed by atoms with Crippen LogP contribution in [-0.2, 0) is 6.18 Å². The molecule has 0 aromatic heterocycles. The van der Waals surface area contributed by atoms with Crippen molar-refractivity contribution in [1.82, 2.24) is 4.90 Å². The van der Waals surface area contributed by atoms with Gasteiger partial charge in [-0.05, 0) is 37.5 Å². The lowest BCUT2D eigenvalue weighted by Gasteiger charge is -2.27. The lowest BCUT2D eigenvalue weighted by molar-refractivity contribution is -0.137. The molecule has 0 bridgehead atoms. The number of guanidine groups is 1. The van der Waals surface area contributed by atoms with Gasteiger partial charge >= 0.3 is 6.18 Å². The first-order valence-corrected chi connectivity index (χ1v) is 7.18. The van der Waals surface area contributed by atoms with E-state index in [9.17, 15) is 13.2 Å². The highest BCUT2D eigenvalue weighted by Gasteiger charge is 2.30. The van der Waals surface area contributed by atoms with Crippen molar-refractivity contribution in [3.8, 4) is 11.8 Å². The highest BCUT2D eigenvalue weighted by atomic mass is 19.4. The van der Waals surface area contributed by atoms with E-state index in [0.29, 0.717) is 11.5 Å². The van der Waals surface area contributed by atoms with Gasteiger partial charge in [0.2, 0.25) is 0 Å². The molecule has 0 saturated carbocycles. The minimum absolute atomic E-state index is 0.179. The zero-order valence-electron chi connectivity index (χ0n) is 12.2. The minimum atomic E-state index is -4.35. The molecule has 0 aliphatic carbocycles. The minimum Gasteiger partial charge on any atom is -0.370 e. The number of hydrogen-bond acceptors (Lipinski definition) is 1. The molecular weight excluding hydrogens is 291 g/mol. The SMILES string of the molecule is NC(=NCC#Cc1cccc(C(F)(F)F)c1)N1CCCCC1. The van der Waals surface area contributed by atoms with Crippen LogP contribution in [0.25, 0.3) is 0 Å². The molecule has 2 rings (SSSR count). The van der Waals surface area contributed by atoms with Crippen LogP contribution in [-0.4, -0.2) is 30.5 Å². The van der Waals surface area contributed by atoms with Crippen LogP contribution in [0, 0.1) is 11.8 Å². The molecule has 22 heavy (non-hydrogen) atoms. The molecule has 1 fully saturated rings. The molecule has 0 atom stereocenters. The third kappa shape index (κ3) is 4.69. The fourth-order valence-electron chi connectivity index (χ4n) is 2.26. The number of benzene rings is 1. The summed E-state index contributed by atoms with van der Waals surface area (Å²) in [7, 11) is 0. The number of rotatable bonds is 1. The highest BCUT2D eigenvalue weighted by Crippen LogP contribution is 2.29. The first-order chi connectivity index (χ1) is 10.5. The predicted octanol–water partition coefficient (Wildman–Crippen LogP) is 2.86. The topological polar surface area (TPSA) is 41.6 Å². The maximum absolute atomic E-state index is 12.6. The first-order valence-electron chi connectivity index (χ1n) is 7.18. The van der Waals surface area contributed by atoms with E-state index < -0.39 is 11.7 Å². The third-order valence-corrected chi connectivity index (χ3v) is 3.42. The van der Waals surface area contributed by atoms with Crippen molar-refractivity contribution < 1.29 is 13.2 Å². The summed E-state index contributed by atoms with van der Waals surface area (Å²) >= 11 is 0. The van der Waals surface area contributed by atoms with Crippen molar-refractivity contribution >= 4 is 5.96 Å². The Morgan fingerprint density at radius 1 is 1.23 bits per heavy atom. The second-order valence-corrected chi connectivity index (χ2v) is 5.10. The van der Waals surface area contributed by atoms with Gasteiger partial charge in [-0.2, -0.15) is 13.2 Å². The van der Waals surface area contributed by atoms with Gasteiger partial charge in [0, 0.05) is 18.7 Å². The molecule has 1 aliphatic heterocycles. The number of piperidine rings is 1. The van der Waals surface area contributed by atoms with E-state index in [1.54, 1.807) is 6.07 Å². The monoisotopic (exact) mass is 309 g/mol. The van der Waals surface area contributed by atoms with Crippen LogP contribution < -0.4 is 5.73 Å². The van der Waals surface area contributed by atoms with E-state index in [1.165, 1.54) is 12.5 Å². The second-order valence-electron chi connectivity index (χ2n) is 5.10. The summed E-state index contributed by atoms with van der Waals surface area (Å²) in [6.45, 7) is 1.98. The van der Waals surface area contributed by atoms with Gasteiger partial charge in [-0.25, -0.2) is 4.99 Å². The third-order valence-electron chi connectivity index (χ3n) is 3.42. The number of aliphatic imine (C=N–C) groups is 1. The van der Waals surface area contributed by atoms with Crippen molar-refractivity contribution in [3.63, 3.8) is 0 Å². The van der Waals surface area contributed by atoms with Crippen molar-refractivity contribution in [1.29, 1.82) is 0 Å². The zero-order valence-corrected chi connectivity index (χ0v) is 12.2. The summed E-state index contributed by atoms with van der Waals surface area (Å²) < 4.78 is 37.7. The molecule has 6 heteroatoms. The summed E-state index contributed by atoms with van der Waals surface area (Å²) in [5.74, 6) is 5.88. The largest absolute Gasteiger partial charge is 0.416 e. The Bertz CT molecular complexity index is 591. The van der Waals surface area contributed by atoms with Gasteiger partial charge in [-0.1, -0.05) is 17.9 Å². The molecular formula is C16H18F3N3.